The maximum atomic E-state index is 9.83. The van der Waals surface area contributed by atoms with Gasteiger partial charge in [0.25, 0.3) is 0 Å². The van der Waals surface area contributed by atoms with E-state index >= 15 is 0 Å². The highest BCUT2D eigenvalue weighted by Gasteiger charge is 2.49. The van der Waals surface area contributed by atoms with Gasteiger partial charge >= 0.3 is 0 Å². The molecule has 3 N–H and O–H groups in total. The minimum absolute atomic E-state index is 0.0328. The quantitative estimate of drug-likeness (QED) is 0.789. The molecule has 1 unspecified atom stereocenters. The van der Waals surface area contributed by atoms with Gasteiger partial charge in [0.2, 0.25) is 0 Å². The van der Waals surface area contributed by atoms with Crippen LogP contribution in [0.4, 0.5) is 0 Å². The summed E-state index contributed by atoms with van der Waals surface area (Å²) in [5, 5.41) is 10.2. The fourth-order valence-corrected chi connectivity index (χ4v) is 2.20. The molecule has 1 fully saturated rings. The van der Waals surface area contributed by atoms with Crippen LogP contribution < -0.4 is 5.73 Å². The summed E-state index contributed by atoms with van der Waals surface area (Å²) in [6.07, 6.45) is 2.08. The number of rotatable bonds is 2. The average Bonchev–Trinajstić information content (AvgIpc) is 2.90. The minimum Gasteiger partial charge on any atom is -0.506 e. The molecule has 1 atom stereocenters. The first-order chi connectivity index (χ1) is 6.58. The lowest BCUT2D eigenvalue weighted by Crippen LogP contribution is -2.31. The van der Waals surface area contributed by atoms with Crippen molar-refractivity contribution in [3.63, 3.8) is 0 Å². The lowest BCUT2D eigenvalue weighted by Gasteiger charge is -2.21. The third-order valence-electron chi connectivity index (χ3n) is 3.18. The molecule has 1 aromatic carbocycles. The lowest BCUT2D eigenvalue weighted by molar-refractivity contribution is 0.447. The number of phenolic OH excluding ortho intramolecular Hbond substituents is 1. The molecule has 76 valence electrons. The van der Waals surface area contributed by atoms with Gasteiger partial charge in [0.05, 0.1) is 5.02 Å². The molecule has 1 aromatic rings. The molecule has 1 saturated carbocycles. The Hall–Kier alpha value is -0.730. The third kappa shape index (κ3) is 1.30. The second-order valence-corrected chi connectivity index (χ2v) is 4.49. The molecule has 1 aliphatic carbocycles. The van der Waals surface area contributed by atoms with E-state index in [1.807, 2.05) is 19.1 Å². The maximum Gasteiger partial charge on any atom is 0.137 e. The number of halogens is 1. The smallest absolute Gasteiger partial charge is 0.137 e. The molecule has 14 heavy (non-hydrogen) atoms. The highest BCUT2D eigenvalue weighted by Crippen LogP contribution is 2.53. The van der Waals surface area contributed by atoms with Gasteiger partial charge in [0.1, 0.15) is 5.75 Å². The normalized spacial score (nSPS) is 20.5. The topological polar surface area (TPSA) is 46.2 Å². The monoisotopic (exact) mass is 211 g/mol. The summed E-state index contributed by atoms with van der Waals surface area (Å²) in [4.78, 5) is 0. The number of aromatic hydroxyl groups is 1. The van der Waals surface area contributed by atoms with E-state index in [2.05, 4.69) is 0 Å². The summed E-state index contributed by atoms with van der Waals surface area (Å²) in [5.74, 6) is 0.198. The zero-order valence-electron chi connectivity index (χ0n) is 8.13. The van der Waals surface area contributed by atoms with Crippen molar-refractivity contribution in [1.82, 2.24) is 0 Å². The Morgan fingerprint density at radius 2 is 2.14 bits per heavy atom. The Morgan fingerprint density at radius 3 is 2.64 bits per heavy atom. The van der Waals surface area contributed by atoms with Gasteiger partial charge in [0, 0.05) is 17.0 Å². The highest BCUT2D eigenvalue weighted by molar-refractivity contribution is 6.32. The van der Waals surface area contributed by atoms with Gasteiger partial charge in [-0.2, -0.15) is 0 Å². The molecule has 3 heteroatoms. The lowest BCUT2D eigenvalue weighted by atomic mass is 9.89. The fourth-order valence-electron chi connectivity index (χ4n) is 2.02. The SMILES string of the molecule is CC(N)C1(c2cccc(Cl)c2O)CC1. The zero-order chi connectivity index (χ0) is 10.3. The van der Waals surface area contributed by atoms with Crippen molar-refractivity contribution in [2.45, 2.75) is 31.2 Å². The first-order valence-electron chi connectivity index (χ1n) is 4.81. The van der Waals surface area contributed by atoms with Crippen LogP contribution in [-0.2, 0) is 5.41 Å². The Labute approximate surface area is 88.7 Å². The van der Waals surface area contributed by atoms with Crippen molar-refractivity contribution in [2.75, 3.05) is 0 Å². The number of phenols is 1. The number of hydrogen-bond acceptors (Lipinski definition) is 2. The molecule has 0 bridgehead atoms. The van der Waals surface area contributed by atoms with Crippen LogP contribution in [0.25, 0.3) is 0 Å². The summed E-state index contributed by atoms with van der Waals surface area (Å²) in [6.45, 7) is 1.98. The van der Waals surface area contributed by atoms with E-state index in [1.54, 1.807) is 6.07 Å². The van der Waals surface area contributed by atoms with E-state index in [0.29, 0.717) is 5.02 Å². The maximum absolute atomic E-state index is 9.83. The van der Waals surface area contributed by atoms with E-state index in [-0.39, 0.29) is 17.2 Å². The van der Waals surface area contributed by atoms with Crippen LogP contribution >= 0.6 is 11.6 Å². The molecule has 1 aliphatic rings. The Kier molecular flexibility index (Phi) is 2.20. The van der Waals surface area contributed by atoms with Gasteiger partial charge < -0.3 is 10.8 Å². The predicted octanol–water partition coefficient (Wildman–Crippen LogP) is 2.42. The van der Waals surface area contributed by atoms with E-state index in [0.717, 1.165) is 18.4 Å². The van der Waals surface area contributed by atoms with Crippen molar-refractivity contribution in [2.24, 2.45) is 5.73 Å². The molecule has 0 saturated heterocycles. The molecule has 0 aliphatic heterocycles. The van der Waals surface area contributed by atoms with E-state index in [4.69, 9.17) is 17.3 Å². The summed E-state index contributed by atoms with van der Waals surface area (Å²) in [5.41, 5.74) is 6.80. The van der Waals surface area contributed by atoms with Gasteiger partial charge in [-0.25, -0.2) is 0 Å². The van der Waals surface area contributed by atoms with Crippen molar-refractivity contribution < 1.29 is 5.11 Å². The highest BCUT2D eigenvalue weighted by atomic mass is 35.5. The molecule has 0 spiro atoms. The molecule has 0 aromatic heterocycles. The Balaban J connectivity index is 2.47. The first kappa shape index (κ1) is 9.81. The number of para-hydroxylation sites is 1. The molecule has 0 amide bonds. The summed E-state index contributed by atoms with van der Waals surface area (Å²) >= 11 is 5.86. The van der Waals surface area contributed by atoms with Crippen LogP contribution in [0.2, 0.25) is 5.02 Å². The molecule has 2 rings (SSSR count). The number of hydrogen-bond donors (Lipinski definition) is 2. The van der Waals surface area contributed by atoms with Gasteiger partial charge in [-0.3, -0.25) is 0 Å². The molecular formula is C11H14ClNO. The van der Waals surface area contributed by atoms with Crippen LogP contribution in [0.5, 0.6) is 5.75 Å². The van der Waals surface area contributed by atoms with Crippen LogP contribution in [0.1, 0.15) is 25.3 Å². The fraction of sp³-hybridized carbons (Fsp3) is 0.455. The Morgan fingerprint density at radius 1 is 1.50 bits per heavy atom. The van der Waals surface area contributed by atoms with Gasteiger partial charge in [0.15, 0.2) is 0 Å². The predicted molar refractivity (Wildman–Crippen MR) is 57.7 cm³/mol. The third-order valence-corrected chi connectivity index (χ3v) is 3.49. The van der Waals surface area contributed by atoms with Gasteiger partial charge in [-0.1, -0.05) is 23.7 Å². The van der Waals surface area contributed by atoms with E-state index in [1.165, 1.54) is 0 Å². The van der Waals surface area contributed by atoms with Crippen LogP contribution in [0.15, 0.2) is 18.2 Å². The number of nitrogens with two attached hydrogens (primary N) is 1. The largest absolute Gasteiger partial charge is 0.506 e. The van der Waals surface area contributed by atoms with Crippen molar-refractivity contribution in [1.29, 1.82) is 0 Å². The Bertz CT molecular complexity index is 358. The number of benzene rings is 1. The summed E-state index contributed by atoms with van der Waals surface area (Å²) < 4.78 is 0. The molecule has 0 heterocycles. The van der Waals surface area contributed by atoms with Crippen LogP contribution in [-0.4, -0.2) is 11.1 Å². The second kappa shape index (κ2) is 3.14. The molecule has 0 radical (unpaired) electrons. The average molecular weight is 212 g/mol. The summed E-state index contributed by atoms with van der Waals surface area (Å²) in [6, 6.07) is 5.53. The van der Waals surface area contributed by atoms with Crippen molar-refractivity contribution in [3.8, 4) is 5.75 Å². The molecular weight excluding hydrogens is 198 g/mol. The first-order valence-corrected chi connectivity index (χ1v) is 5.19. The molecule has 2 nitrogen and oxygen atoms in total. The zero-order valence-corrected chi connectivity index (χ0v) is 8.88. The van der Waals surface area contributed by atoms with E-state index in [9.17, 15) is 5.11 Å². The van der Waals surface area contributed by atoms with Crippen LogP contribution in [0.3, 0.4) is 0 Å². The van der Waals surface area contributed by atoms with Crippen molar-refractivity contribution in [3.05, 3.63) is 28.8 Å². The van der Waals surface area contributed by atoms with Crippen molar-refractivity contribution >= 4 is 11.6 Å². The second-order valence-electron chi connectivity index (χ2n) is 4.08. The van der Waals surface area contributed by atoms with Gasteiger partial charge in [-0.05, 0) is 25.8 Å². The van der Waals surface area contributed by atoms with Crippen LogP contribution in [0, 0.1) is 0 Å². The summed E-state index contributed by atoms with van der Waals surface area (Å²) in [7, 11) is 0. The minimum atomic E-state index is -0.0328. The standard InChI is InChI=1S/C11H14ClNO/c1-7(13)11(5-6-11)8-3-2-4-9(12)10(8)14/h2-4,7,14H,5-6,13H2,1H3. The van der Waals surface area contributed by atoms with Gasteiger partial charge in [-0.15, -0.1) is 0 Å². The van der Waals surface area contributed by atoms with E-state index < -0.39 is 0 Å².